The molecule has 0 aromatic rings. The fourth-order valence-electron chi connectivity index (χ4n) is 6.73. The molecular formula is C54H96N2O10. The Hall–Kier alpha value is -3.32. The zero-order valence-corrected chi connectivity index (χ0v) is 42.5. The van der Waals surface area contributed by atoms with Crippen LogP contribution in [-0.2, 0) is 47.6 Å². The highest BCUT2D eigenvalue weighted by molar-refractivity contribution is 5.71. The van der Waals surface area contributed by atoms with Crippen LogP contribution in [0.4, 0.5) is 0 Å². The molecule has 12 heteroatoms. The van der Waals surface area contributed by atoms with Crippen molar-refractivity contribution in [2.75, 3.05) is 92.1 Å². The van der Waals surface area contributed by atoms with Crippen molar-refractivity contribution in [3.05, 3.63) is 48.6 Å². The number of carbonyl (C=O) groups is 4. The standard InChI is InChI=1S/C54H96N2O10/c1-5-9-13-17-21-25-29-43-63-51(57)33-37-55(38-34-52(58)64-44-30-26-22-18-14-10-6-2)41-47-61-49-50-62-48-42-56(39-35-53(59)65-45-31-27-23-19-15-11-7-3)40-36-54(60)66-46-32-28-24-20-16-12-8-4/h25-32H,5-24,33-50H2,1-4H3/b29-25-,30-26-,31-27-,32-28-. The van der Waals surface area contributed by atoms with E-state index in [9.17, 15) is 19.2 Å². The molecule has 0 aliphatic heterocycles. The molecule has 0 unspecified atom stereocenters. The van der Waals surface area contributed by atoms with Gasteiger partial charge in [-0.15, -0.1) is 0 Å². The average Bonchev–Trinajstić information content (AvgIpc) is 3.31. The minimum Gasteiger partial charge on any atom is -0.461 e. The van der Waals surface area contributed by atoms with Gasteiger partial charge in [-0.2, -0.15) is 0 Å². The van der Waals surface area contributed by atoms with Gasteiger partial charge in [0.05, 0.1) is 52.1 Å². The summed E-state index contributed by atoms with van der Waals surface area (Å²) in [6.07, 6.45) is 40.0. The summed E-state index contributed by atoms with van der Waals surface area (Å²) in [4.78, 5) is 54.2. The molecule has 0 fully saturated rings. The zero-order valence-electron chi connectivity index (χ0n) is 42.5. The van der Waals surface area contributed by atoms with Crippen molar-refractivity contribution in [2.24, 2.45) is 0 Å². The molecule has 0 aromatic heterocycles. The number of allylic oxidation sites excluding steroid dienone is 4. The van der Waals surface area contributed by atoms with Crippen LogP contribution in [0.3, 0.4) is 0 Å². The van der Waals surface area contributed by atoms with Gasteiger partial charge in [0.1, 0.15) is 26.4 Å². The van der Waals surface area contributed by atoms with Gasteiger partial charge in [-0.25, -0.2) is 0 Å². The van der Waals surface area contributed by atoms with Crippen LogP contribution in [0.5, 0.6) is 0 Å². The molecule has 0 aliphatic carbocycles. The maximum Gasteiger partial charge on any atom is 0.307 e. The number of unbranched alkanes of at least 4 members (excludes halogenated alkanes) is 16. The van der Waals surface area contributed by atoms with E-state index < -0.39 is 0 Å². The van der Waals surface area contributed by atoms with E-state index in [1.807, 2.05) is 34.1 Å². The molecule has 0 aliphatic rings. The van der Waals surface area contributed by atoms with Crippen LogP contribution in [-0.4, -0.2) is 126 Å². The predicted molar refractivity (Wildman–Crippen MR) is 268 cm³/mol. The summed E-state index contributed by atoms with van der Waals surface area (Å²) in [5, 5.41) is 0. The van der Waals surface area contributed by atoms with Gasteiger partial charge >= 0.3 is 23.9 Å². The molecule has 0 amide bonds. The lowest BCUT2D eigenvalue weighted by Gasteiger charge is -2.22. The first-order valence-corrected chi connectivity index (χ1v) is 26.2. The molecule has 0 heterocycles. The van der Waals surface area contributed by atoms with E-state index in [0.29, 0.717) is 65.7 Å². The van der Waals surface area contributed by atoms with E-state index in [4.69, 9.17) is 28.4 Å². The number of nitrogens with zero attached hydrogens (tertiary/aromatic N) is 2. The Morgan fingerprint density at radius 2 is 0.576 bits per heavy atom. The number of carbonyl (C=O) groups excluding carboxylic acids is 4. The zero-order chi connectivity index (χ0) is 48.2. The first-order valence-electron chi connectivity index (χ1n) is 26.2. The van der Waals surface area contributed by atoms with Crippen LogP contribution in [0.15, 0.2) is 48.6 Å². The molecule has 66 heavy (non-hydrogen) atoms. The highest BCUT2D eigenvalue weighted by atomic mass is 16.5. The second kappa shape index (κ2) is 51.1. The number of hydrogen-bond donors (Lipinski definition) is 0. The molecule has 12 nitrogen and oxygen atoms in total. The first kappa shape index (κ1) is 62.7. The minimum atomic E-state index is -0.277. The fraction of sp³-hybridized carbons (Fsp3) is 0.778. The third kappa shape index (κ3) is 47.2. The summed E-state index contributed by atoms with van der Waals surface area (Å²) in [7, 11) is 0. The van der Waals surface area contributed by atoms with Gasteiger partial charge in [0.15, 0.2) is 0 Å². The highest BCUT2D eigenvalue weighted by Gasteiger charge is 2.14. The van der Waals surface area contributed by atoms with E-state index in [1.54, 1.807) is 0 Å². The Balaban J connectivity index is 4.91. The number of hydrogen-bond acceptors (Lipinski definition) is 12. The average molecular weight is 933 g/mol. The lowest BCUT2D eigenvalue weighted by Crippen LogP contribution is -2.33. The van der Waals surface area contributed by atoms with E-state index in [-0.39, 0.29) is 76.0 Å². The topological polar surface area (TPSA) is 130 Å². The molecule has 0 saturated heterocycles. The molecule has 0 atom stereocenters. The first-order chi connectivity index (χ1) is 32.4. The van der Waals surface area contributed by atoms with Crippen molar-refractivity contribution in [2.45, 2.75) is 182 Å². The van der Waals surface area contributed by atoms with Gasteiger partial charge in [-0.3, -0.25) is 29.0 Å². The second-order valence-electron chi connectivity index (χ2n) is 16.9. The lowest BCUT2D eigenvalue weighted by atomic mass is 10.1. The molecule has 382 valence electrons. The number of esters is 4. The normalized spacial score (nSPS) is 11.9. The summed E-state index contributed by atoms with van der Waals surface area (Å²) >= 11 is 0. The van der Waals surface area contributed by atoms with Crippen LogP contribution in [0.2, 0.25) is 0 Å². The fourth-order valence-corrected chi connectivity index (χ4v) is 6.73. The Morgan fingerprint density at radius 1 is 0.318 bits per heavy atom. The summed E-state index contributed by atoms with van der Waals surface area (Å²) in [6.45, 7) is 14.2. The van der Waals surface area contributed by atoms with Gasteiger partial charge < -0.3 is 28.4 Å². The number of rotatable bonds is 49. The molecule has 0 saturated carbocycles. The van der Waals surface area contributed by atoms with Crippen LogP contribution in [0.1, 0.15) is 182 Å². The van der Waals surface area contributed by atoms with Crippen molar-refractivity contribution >= 4 is 23.9 Å². The third-order valence-electron chi connectivity index (χ3n) is 10.9. The molecule has 0 spiro atoms. The summed E-state index contributed by atoms with van der Waals surface area (Å²) in [5.41, 5.74) is 0. The summed E-state index contributed by atoms with van der Waals surface area (Å²) < 4.78 is 33.5. The molecular weight excluding hydrogens is 837 g/mol. The monoisotopic (exact) mass is 933 g/mol. The lowest BCUT2D eigenvalue weighted by molar-refractivity contribution is -0.144. The van der Waals surface area contributed by atoms with Gasteiger partial charge in [0.25, 0.3) is 0 Å². The third-order valence-corrected chi connectivity index (χ3v) is 10.9. The van der Waals surface area contributed by atoms with Crippen molar-refractivity contribution < 1.29 is 47.6 Å². The molecule has 0 N–H and O–H groups in total. The van der Waals surface area contributed by atoms with Gasteiger partial charge in [-0.05, 0) is 51.4 Å². The van der Waals surface area contributed by atoms with Crippen molar-refractivity contribution in [1.82, 2.24) is 9.80 Å². The molecule has 0 bridgehead atoms. The van der Waals surface area contributed by atoms with Crippen molar-refractivity contribution in [1.29, 1.82) is 0 Å². The number of ether oxygens (including phenoxy) is 6. The highest BCUT2D eigenvalue weighted by Crippen LogP contribution is 2.07. The second-order valence-corrected chi connectivity index (χ2v) is 16.9. The quantitative estimate of drug-likeness (QED) is 0.0249. The Bertz CT molecular complexity index is 1080. The van der Waals surface area contributed by atoms with Gasteiger partial charge in [0, 0.05) is 39.3 Å². The van der Waals surface area contributed by atoms with Crippen LogP contribution < -0.4 is 0 Å². The van der Waals surface area contributed by atoms with E-state index >= 15 is 0 Å². The van der Waals surface area contributed by atoms with E-state index in [1.165, 1.54) is 77.0 Å². The van der Waals surface area contributed by atoms with Crippen molar-refractivity contribution in [3.63, 3.8) is 0 Å². The van der Waals surface area contributed by atoms with Crippen LogP contribution >= 0.6 is 0 Å². The van der Waals surface area contributed by atoms with Gasteiger partial charge in [0.2, 0.25) is 0 Å². The molecule has 0 aromatic carbocycles. The van der Waals surface area contributed by atoms with Crippen molar-refractivity contribution in [3.8, 4) is 0 Å². The SMILES string of the molecule is CCCCCC/C=C\COC(=O)CCN(CCOCCOCCN(CCC(=O)OC/C=C\CCCCCC)CCC(=O)OC/C=C\CCCCCC)CCC(=O)OC/C=C\CCCCCC. The maximum absolute atomic E-state index is 12.5. The van der Waals surface area contributed by atoms with Gasteiger partial charge in [-0.1, -0.05) is 153 Å². The largest absolute Gasteiger partial charge is 0.461 e. The van der Waals surface area contributed by atoms with E-state index in [2.05, 4.69) is 52.0 Å². The Kier molecular flexibility index (Phi) is 48.5. The summed E-state index contributed by atoms with van der Waals surface area (Å²) in [6, 6.07) is 0. The summed E-state index contributed by atoms with van der Waals surface area (Å²) in [5.74, 6) is -1.11. The minimum absolute atomic E-state index is 0.210. The van der Waals surface area contributed by atoms with Crippen LogP contribution in [0.25, 0.3) is 0 Å². The molecule has 0 rings (SSSR count). The van der Waals surface area contributed by atoms with Crippen LogP contribution in [0, 0.1) is 0 Å². The smallest absolute Gasteiger partial charge is 0.307 e. The maximum atomic E-state index is 12.5. The Labute approximate surface area is 402 Å². The van der Waals surface area contributed by atoms with E-state index in [0.717, 1.165) is 51.4 Å². The Morgan fingerprint density at radius 3 is 0.818 bits per heavy atom. The predicted octanol–water partition coefficient (Wildman–Crippen LogP) is 11.5. The molecule has 0 radical (unpaired) electrons.